The number of benzene rings is 2. The zero-order valence-electron chi connectivity index (χ0n) is 18.4. The average Bonchev–Trinajstić information content (AvgIpc) is 2.79. The van der Waals surface area contributed by atoms with Crippen LogP contribution >= 0.6 is 0 Å². The van der Waals surface area contributed by atoms with Gasteiger partial charge >= 0.3 is 0 Å². The van der Waals surface area contributed by atoms with Gasteiger partial charge in [-0.25, -0.2) is 5.43 Å². The summed E-state index contributed by atoms with van der Waals surface area (Å²) in [5, 5.41) is 4.05. The molecule has 0 spiro atoms. The van der Waals surface area contributed by atoms with E-state index in [-0.39, 0.29) is 12.5 Å². The minimum Gasteiger partial charge on any atom is -0.497 e. The van der Waals surface area contributed by atoms with Crippen molar-refractivity contribution in [3.63, 3.8) is 0 Å². The zero-order valence-corrected chi connectivity index (χ0v) is 18.4. The van der Waals surface area contributed by atoms with Crippen LogP contribution in [0.25, 0.3) is 0 Å². The second-order valence-corrected chi connectivity index (χ2v) is 7.00. The van der Waals surface area contributed by atoms with Gasteiger partial charge in [-0.1, -0.05) is 50.5 Å². The minimum atomic E-state index is -0.352. The minimum absolute atomic E-state index is 0.135. The molecule has 0 atom stereocenters. The molecule has 6 heteroatoms. The van der Waals surface area contributed by atoms with Crippen LogP contribution < -0.4 is 19.6 Å². The highest BCUT2D eigenvalue weighted by molar-refractivity contribution is 5.86. The van der Waals surface area contributed by atoms with Crippen molar-refractivity contribution in [1.29, 1.82) is 0 Å². The Morgan fingerprint density at radius 2 is 1.94 bits per heavy atom. The molecule has 0 unspecified atom stereocenters. The fourth-order valence-electron chi connectivity index (χ4n) is 2.91. The predicted octanol–water partition coefficient (Wildman–Crippen LogP) is 4.91. The number of ether oxygens (including phenoxy) is 3. The Morgan fingerprint density at radius 3 is 2.71 bits per heavy atom. The molecule has 0 aliphatic rings. The second-order valence-electron chi connectivity index (χ2n) is 7.00. The highest BCUT2D eigenvalue weighted by Gasteiger charge is 2.07. The van der Waals surface area contributed by atoms with Crippen LogP contribution in [0, 0.1) is 0 Å². The summed E-state index contributed by atoms with van der Waals surface area (Å²) in [7, 11) is 1.60. The maximum absolute atomic E-state index is 12.1. The predicted molar refractivity (Wildman–Crippen MR) is 124 cm³/mol. The van der Waals surface area contributed by atoms with Crippen LogP contribution in [0.15, 0.2) is 60.2 Å². The Bertz CT molecular complexity index is 864. The first kappa shape index (κ1) is 24.0. The second kappa shape index (κ2) is 13.9. The van der Waals surface area contributed by atoms with E-state index in [1.54, 1.807) is 19.4 Å². The number of methoxy groups -OCH3 is 1. The first-order chi connectivity index (χ1) is 15.2. The molecule has 0 aliphatic carbocycles. The molecule has 0 radical (unpaired) electrons. The van der Waals surface area contributed by atoms with Crippen molar-refractivity contribution < 1.29 is 19.0 Å². The molecule has 31 heavy (non-hydrogen) atoms. The van der Waals surface area contributed by atoms with Crippen LogP contribution in [-0.4, -0.2) is 32.4 Å². The van der Waals surface area contributed by atoms with Gasteiger partial charge in [-0.2, -0.15) is 5.10 Å². The van der Waals surface area contributed by atoms with Gasteiger partial charge in [0.05, 0.1) is 19.9 Å². The number of unbranched alkanes of at least 4 members (excludes halogenated alkanes) is 3. The van der Waals surface area contributed by atoms with Gasteiger partial charge in [-0.3, -0.25) is 4.79 Å². The Kier molecular flexibility index (Phi) is 10.7. The Balaban J connectivity index is 1.91. The molecule has 2 aromatic carbocycles. The van der Waals surface area contributed by atoms with Crippen molar-refractivity contribution in [3.8, 4) is 17.2 Å². The summed E-state index contributed by atoms with van der Waals surface area (Å²) in [5.41, 5.74) is 4.20. The maximum atomic E-state index is 12.1. The van der Waals surface area contributed by atoms with E-state index in [1.165, 1.54) is 12.8 Å². The quantitative estimate of drug-likeness (QED) is 0.202. The smallest absolute Gasteiger partial charge is 0.277 e. The SMILES string of the molecule is C=CCc1ccccc1OCC(=O)N/N=C/c1cc(OC)ccc1OCCCCCC. The lowest BCUT2D eigenvalue weighted by Crippen LogP contribution is -2.24. The number of carbonyl (C=O) groups excluding carboxylic acids is 1. The number of hydrogen-bond acceptors (Lipinski definition) is 5. The van der Waals surface area contributed by atoms with Crippen LogP contribution in [0.1, 0.15) is 43.7 Å². The third-order valence-corrected chi connectivity index (χ3v) is 4.56. The van der Waals surface area contributed by atoms with Crippen molar-refractivity contribution in [2.75, 3.05) is 20.3 Å². The largest absolute Gasteiger partial charge is 0.497 e. The van der Waals surface area contributed by atoms with Gasteiger partial charge in [0.2, 0.25) is 0 Å². The monoisotopic (exact) mass is 424 g/mol. The summed E-state index contributed by atoms with van der Waals surface area (Å²) in [4.78, 5) is 12.1. The summed E-state index contributed by atoms with van der Waals surface area (Å²) in [6, 6.07) is 13.1. The molecule has 0 saturated carbocycles. The number of rotatable bonds is 14. The third kappa shape index (κ3) is 8.54. The van der Waals surface area contributed by atoms with Gasteiger partial charge in [0, 0.05) is 5.56 Å². The first-order valence-corrected chi connectivity index (χ1v) is 10.6. The molecule has 0 bridgehead atoms. The number of amides is 1. The van der Waals surface area contributed by atoms with Crippen LogP contribution in [-0.2, 0) is 11.2 Å². The number of nitrogens with zero attached hydrogens (tertiary/aromatic N) is 1. The molecule has 0 heterocycles. The lowest BCUT2D eigenvalue weighted by atomic mass is 10.1. The van der Waals surface area contributed by atoms with E-state index in [0.717, 1.165) is 24.0 Å². The third-order valence-electron chi connectivity index (χ3n) is 4.56. The normalized spacial score (nSPS) is 10.6. The fraction of sp³-hybridized carbons (Fsp3) is 0.360. The van der Waals surface area contributed by atoms with E-state index in [1.807, 2.05) is 42.5 Å². The van der Waals surface area contributed by atoms with Crippen LogP contribution in [0.3, 0.4) is 0 Å². The molecule has 0 aliphatic heterocycles. The van der Waals surface area contributed by atoms with E-state index in [2.05, 4.69) is 24.0 Å². The molecule has 0 aromatic heterocycles. The molecule has 0 fully saturated rings. The first-order valence-electron chi connectivity index (χ1n) is 10.6. The summed E-state index contributed by atoms with van der Waals surface area (Å²) in [6.45, 7) is 6.42. The molecule has 2 aromatic rings. The van der Waals surface area contributed by atoms with E-state index in [0.29, 0.717) is 30.3 Å². The Labute approximate surface area is 184 Å². The van der Waals surface area contributed by atoms with Gasteiger partial charge in [0.25, 0.3) is 5.91 Å². The van der Waals surface area contributed by atoms with E-state index < -0.39 is 0 Å². The zero-order chi connectivity index (χ0) is 22.3. The van der Waals surface area contributed by atoms with Gasteiger partial charge in [-0.05, 0) is 42.7 Å². The van der Waals surface area contributed by atoms with Crippen molar-refractivity contribution in [2.24, 2.45) is 5.10 Å². The topological polar surface area (TPSA) is 69.2 Å². The lowest BCUT2D eigenvalue weighted by Gasteiger charge is -2.11. The molecular formula is C25H32N2O4. The lowest BCUT2D eigenvalue weighted by molar-refractivity contribution is -0.123. The van der Waals surface area contributed by atoms with E-state index in [9.17, 15) is 4.79 Å². The van der Waals surface area contributed by atoms with Gasteiger partial charge in [0.15, 0.2) is 6.61 Å². The average molecular weight is 425 g/mol. The standard InChI is InChI=1S/C25H32N2O4/c1-4-6-7-10-16-30-24-15-14-22(29-3)17-21(24)18-26-27-25(28)19-31-23-13-9-8-12-20(23)11-5-2/h5,8-9,12-15,17-18H,2,4,6-7,10-11,16,19H2,1,3H3,(H,27,28)/b26-18+. The summed E-state index contributed by atoms with van der Waals surface area (Å²) in [6.07, 6.45) is 8.54. The molecule has 0 saturated heterocycles. The van der Waals surface area contributed by atoms with Crippen LogP contribution in [0.5, 0.6) is 17.2 Å². The van der Waals surface area contributed by atoms with Crippen molar-refractivity contribution in [1.82, 2.24) is 5.43 Å². The van der Waals surface area contributed by atoms with Crippen LogP contribution in [0.4, 0.5) is 0 Å². The van der Waals surface area contributed by atoms with Gasteiger partial charge in [-0.15, -0.1) is 6.58 Å². The number of allylic oxidation sites excluding steroid dienone is 1. The Hall–Kier alpha value is -3.28. The Morgan fingerprint density at radius 1 is 1.10 bits per heavy atom. The number of nitrogens with one attached hydrogen (secondary N) is 1. The summed E-state index contributed by atoms with van der Waals surface area (Å²) in [5.74, 6) is 1.70. The summed E-state index contributed by atoms with van der Waals surface area (Å²) < 4.78 is 16.8. The van der Waals surface area contributed by atoms with Crippen LogP contribution in [0.2, 0.25) is 0 Å². The van der Waals surface area contributed by atoms with E-state index >= 15 is 0 Å². The van der Waals surface area contributed by atoms with Gasteiger partial charge in [0.1, 0.15) is 17.2 Å². The molecular weight excluding hydrogens is 392 g/mol. The number of hydrogen-bond donors (Lipinski definition) is 1. The maximum Gasteiger partial charge on any atom is 0.277 e. The van der Waals surface area contributed by atoms with Crippen molar-refractivity contribution in [3.05, 3.63) is 66.2 Å². The summed E-state index contributed by atoms with van der Waals surface area (Å²) >= 11 is 0. The molecule has 6 nitrogen and oxygen atoms in total. The highest BCUT2D eigenvalue weighted by atomic mass is 16.5. The van der Waals surface area contributed by atoms with Crippen molar-refractivity contribution in [2.45, 2.75) is 39.0 Å². The fourth-order valence-corrected chi connectivity index (χ4v) is 2.91. The number of hydrazone groups is 1. The van der Waals surface area contributed by atoms with E-state index in [4.69, 9.17) is 14.2 Å². The van der Waals surface area contributed by atoms with Crippen molar-refractivity contribution >= 4 is 12.1 Å². The van der Waals surface area contributed by atoms with Gasteiger partial charge < -0.3 is 14.2 Å². The number of carbonyl (C=O) groups is 1. The molecule has 1 N–H and O–H groups in total. The number of para-hydroxylation sites is 1. The molecule has 2 rings (SSSR count). The highest BCUT2D eigenvalue weighted by Crippen LogP contribution is 2.23. The molecule has 1 amide bonds. The molecule has 166 valence electrons.